The molecule has 52 valence electrons. The molecule has 0 fully saturated rings. The van der Waals surface area contributed by atoms with Gasteiger partial charge in [0.05, 0.1) is 3.57 Å². The van der Waals surface area contributed by atoms with Gasteiger partial charge in [-0.3, -0.25) is 0 Å². The lowest BCUT2D eigenvalue weighted by molar-refractivity contribution is 0.600. The van der Waals surface area contributed by atoms with Crippen LogP contribution in [-0.4, -0.2) is 7.85 Å². The van der Waals surface area contributed by atoms with E-state index in [9.17, 15) is 8.78 Å². The van der Waals surface area contributed by atoms with Gasteiger partial charge in [-0.25, -0.2) is 8.78 Å². The Morgan fingerprint density at radius 3 is 2.30 bits per heavy atom. The highest BCUT2D eigenvalue weighted by molar-refractivity contribution is 14.1. The van der Waals surface area contributed by atoms with E-state index in [2.05, 4.69) is 0 Å². The fourth-order valence-electron chi connectivity index (χ4n) is 0.622. The highest BCUT2D eigenvalue weighted by atomic mass is 127. The minimum Gasteiger partial charge on any atom is -0.208 e. The van der Waals surface area contributed by atoms with E-state index in [1.165, 1.54) is 20.0 Å². The average molecular weight is 252 g/mol. The maximum atomic E-state index is 12.6. The summed E-state index contributed by atoms with van der Waals surface area (Å²) in [5.41, 5.74) is 0.345. The summed E-state index contributed by atoms with van der Waals surface area (Å²) in [5.74, 6) is -0.717. The van der Waals surface area contributed by atoms with Gasteiger partial charge in [-0.1, -0.05) is 5.46 Å². The molecule has 0 radical (unpaired) electrons. The van der Waals surface area contributed by atoms with Gasteiger partial charge in [-0.2, -0.15) is 0 Å². The van der Waals surface area contributed by atoms with E-state index in [0.717, 1.165) is 0 Å². The maximum absolute atomic E-state index is 12.6. The van der Waals surface area contributed by atoms with Gasteiger partial charge in [-0.15, -0.1) is 0 Å². The van der Waals surface area contributed by atoms with Crippen LogP contribution in [0.4, 0.5) is 8.78 Å². The SMILES string of the molecule is Bc1cc(F)c(I)cc1F. The van der Waals surface area contributed by atoms with Gasteiger partial charge < -0.3 is 0 Å². The third-order valence-electron chi connectivity index (χ3n) is 1.20. The largest absolute Gasteiger partial charge is 0.208 e. The monoisotopic (exact) mass is 252 g/mol. The van der Waals surface area contributed by atoms with Crippen LogP contribution in [0.2, 0.25) is 0 Å². The molecule has 0 saturated carbocycles. The van der Waals surface area contributed by atoms with Crippen LogP contribution < -0.4 is 5.46 Å². The summed E-state index contributed by atoms with van der Waals surface area (Å²) in [4.78, 5) is 0. The van der Waals surface area contributed by atoms with Crippen LogP contribution in [0.1, 0.15) is 0 Å². The molecule has 0 saturated heterocycles. The predicted molar refractivity (Wildman–Crippen MR) is 47.3 cm³/mol. The first kappa shape index (κ1) is 7.98. The van der Waals surface area contributed by atoms with Gasteiger partial charge in [0.2, 0.25) is 0 Å². The average Bonchev–Trinajstić information content (AvgIpc) is 1.84. The third kappa shape index (κ3) is 1.48. The van der Waals surface area contributed by atoms with Crippen molar-refractivity contribution in [2.24, 2.45) is 0 Å². The number of halogens is 3. The second-order valence-corrected chi connectivity index (χ2v) is 3.18. The molecule has 10 heavy (non-hydrogen) atoms. The quantitative estimate of drug-likeness (QED) is 0.364. The van der Waals surface area contributed by atoms with Gasteiger partial charge in [-0.05, 0) is 34.7 Å². The van der Waals surface area contributed by atoms with E-state index in [0.29, 0.717) is 9.03 Å². The first-order valence-electron chi connectivity index (χ1n) is 2.72. The predicted octanol–water partition coefficient (Wildman–Crippen LogP) is 0.828. The second-order valence-electron chi connectivity index (χ2n) is 2.02. The van der Waals surface area contributed by atoms with Gasteiger partial charge in [0, 0.05) is 0 Å². The summed E-state index contributed by atoms with van der Waals surface area (Å²) in [6.45, 7) is 0. The number of hydrogen-bond acceptors (Lipinski definition) is 0. The van der Waals surface area contributed by atoms with Crippen molar-refractivity contribution in [3.05, 3.63) is 27.3 Å². The smallest absolute Gasteiger partial charge is 0.143 e. The van der Waals surface area contributed by atoms with Gasteiger partial charge in [0.25, 0.3) is 0 Å². The summed E-state index contributed by atoms with van der Waals surface area (Å²) in [7, 11) is 1.54. The molecule has 0 bridgehead atoms. The first-order valence-corrected chi connectivity index (χ1v) is 3.80. The van der Waals surface area contributed by atoms with Crippen LogP contribution in [0.15, 0.2) is 12.1 Å². The summed E-state index contributed by atoms with van der Waals surface area (Å²) < 4.78 is 25.5. The zero-order valence-corrected chi connectivity index (χ0v) is 7.45. The Morgan fingerprint density at radius 1 is 1.20 bits per heavy atom. The van der Waals surface area contributed by atoms with Gasteiger partial charge >= 0.3 is 0 Å². The van der Waals surface area contributed by atoms with Crippen LogP contribution in [0.25, 0.3) is 0 Å². The van der Waals surface area contributed by atoms with Crippen LogP contribution in [-0.2, 0) is 0 Å². The molecule has 0 aliphatic rings. The lowest BCUT2D eigenvalue weighted by Crippen LogP contribution is -2.09. The number of benzene rings is 1. The van der Waals surface area contributed by atoms with E-state index in [1.54, 1.807) is 22.6 Å². The standard InChI is InChI=1S/C6H4BF2I/c7-3-1-5(9)6(10)2-4(3)8/h1-2H,7H2. The Bertz CT molecular complexity index is 212. The molecular weight excluding hydrogens is 248 g/mol. The molecule has 0 N–H and O–H groups in total. The zero-order valence-electron chi connectivity index (χ0n) is 5.29. The molecule has 0 nitrogen and oxygen atoms in total. The minimum atomic E-state index is -0.362. The summed E-state index contributed by atoms with van der Waals surface area (Å²) in [5, 5.41) is 0. The second kappa shape index (κ2) is 2.86. The molecule has 1 aromatic rings. The summed E-state index contributed by atoms with van der Waals surface area (Å²) >= 11 is 1.75. The lowest BCUT2D eigenvalue weighted by atomic mass is 9.96. The normalized spacial score (nSPS) is 9.90. The van der Waals surface area contributed by atoms with Crippen molar-refractivity contribution in [2.75, 3.05) is 0 Å². The van der Waals surface area contributed by atoms with E-state index < -0.39 is 0 Å². The Morgan fingerprint density at radius 2 is 1.80 bits per heavy atom. The third-order valence-corrected chi connectivity index (χ3v) is 2.03. The molecule has 0 aromatic heterocycles. The fraction of sp³-hybridized carbons (Fsp3) is 0. The fourth-order valence-corrected chi connectivity index (χ4v) is 1.05. The van der Waals surface area contributed by atoms with Crippen molar-refractivity contribution in [2.45, 2.75) is 0 Å². The minimum absolute atomic E-state index is 0.320. The Balaban J connectivity index is 3.28. The Labute approximate surface area is 72.2 Å². The van der Waals surface area contributed by atoms with Gasteiger partial charge in [0.1, 0.15) is 19.5 Å². The molecule has 0 unspecified atom stereocenters. The number of rotatable bonds is 0. The highest BCUT2D eigenvalue weighted by Crippen LogP contribution is 2.09. The molecule has 4 heteroatoms. The van der Waals surface area contributed by atoms with E-state index in [4.69, 9.17) is 0 Å². The molecule has 0 amide bonds. The van der Waals surface area contributed by atoms with Crippen LogP contribution in [0.3, 0.4) is 0 Å². The molecule has 1 aromatic carbocycles. The van der Waals surface area contributed by atoms with E-state index >= 15 is 0 Å². The molecule has 1 rings (SSSR count). The van der Waals surface area contributed by atoms with Crippen molar-refractivity contribution in [1.82, 2.24) is 0 Å². The Kier molecular flexibility index (Phi) is 2.28. The number of hydrogen-bond donors (Lipinski definition) is 0. The van der Waals surface area contributed by atoms with Crippen LogP contribution >= 0.6 is 22.6 Å². The summed E-state index contributed by atoms with van der Waals surface area (Å²) in [6, 6.07) is 2.38. The molecular formula is C6H4BF2I. The molecule has 0 aliphatic carbocycles. The topological polar surface area (TPSA) is 0 Å². The summed E-state index contributed by atoms with van der Waals surface area (Å²) in [6.07, 6.45) is 0. The van der Waals surface area contributed by atoms with Crippen molar-refractivity contribution in [3.8, 4) is 0 Å². The maximum Gasteiger partial charge on any atom is 0.143 e. The van der Waals surface area contributed by atoms with E-state index in [1.807, 2.05) is 0 Å². The van der Waals surface area contributed by atoms with Crippen molar-refractivity contribution < 1.29 is 8.78 Å². The van der Waals surface area contributed by atoms with Crippen LogP contribution in [0.5, 0.6) is 0 Å². The molecule has 0 atom stereocenters. The van der Waals surface area contributed by atoms with Crippen molar-refractivity contribution in [3.63, 3.8) is 0 Å². The van der Waals surface area contributed by atoms with Crippen molar-refractivity contribution in [1.29, 1.82) is 0 Å². The molecule has 0 heterocycles. The van der Waals surface area contributed by atoms with Crippen molar-refractivity contribution >= 4 is 35.9 Å². The van der Waals surface area contributed by atoms with E-state index in [-0.39, 0.29) is 11.6 Å². The van der Waals surface area contributed by atoms with Gasteiger partial charge in [0.15, 0.2) is 0 Å². The lowest BCUT2D eigenvalue weighted by Gasteiger charge is -1.97. The molecule has 0 spiro atoms. The first-order chi connectivity index (χ1) is 4.61. The molecule has 0 aliphatic heterocycles. The zero-order chi connectivity index (χ0) is 7.72. The Hall–Kier alpha value is -0.125. The van der Waals surface area contributed by atoms with Crippen LogP contribution in [0, 0.1) is 15.2 Å². The highest BCUT2D eigenvalue weighted by Gasteiger charge is 2.02.